The van der Waals surface area contributed by atoms with Gasteiger partial charge in [0.05, 0.1) is 25.4 Å². The van der Waals surface area contributed by atoms with Crippen LogP contribution in [0.1, 0.15) is 11.7 Å². The Kier molecular flexibility index (Phi) is 7.76. The molecule has 0 radical (unpaired) electrons. The molecule has 0 aliphatic rings. The van der Waals surface area contributed by atoms with Crippen molar-refractivity contribution in [2.75, 3.05) is 19.0 Å². The van der Waals surface area contributed by atoms with Crippen molar-refractivity contribution in [1.82, 2.24) is 0 Å². The number of rotatable bonds is 5. The van der Waals surface area contributed by atoms with E-state index >= 15 is 0 Å². The van der Waals surface area contributed by atoms with Crippen molar-refractivity contribution in [2.45, 2.75) is 6.10 Å². The number of guanidine groups is 1. The van der Waals surface area contributed by atoms with E-state index in [0.717, 1.165) is 0 Å². The zero-order valence-corrected chi connectivity index (χ0v) is 14.9. The maximum Gasteiger partial charge on any atom is 0.193 e. The molecule has 0 aliphatic heterocycles. The van der Waals surface area contributed by atoms with Crippen molar-refractivity contribution in [3.05, 3.63) is 59.9 Å². The number of halogens is 2. The van der Waals surface area contributed by atoms with Gasteiger partial charge in [0.2, 0.25) is 0 Å². The number of hydrogen-bond acceptors (Lipinski definition) is 3. The van der Waals surface area contributed by atoms with Gasteiger partial charge in [0.1, 0.15) is 11.6 Å². The van der Waals surface area contributed by atoms with Crippen LogP contribution in [0, 0.1) is 5.82 Å². The molecule has 4 N–H and O–H groups in total. The SMILES string of the molecule is COc1ccccc1NC(N)=NCC(O)c1ccc(F)cc1.I. The standard InChI is InChI=1S/C16H18FN3O2.HI/c1-22-15-5-3-2-4-13(15)20-16(18)19-10-14(21)11-6-8-12(17)9-7-11;/h2-9,14,21H,10H2,1H3,(H3,18,19,20);1H. The minimum atomic E-state index is -0.849. The molecular weight excluding hydrogens is 412 g/mol. The molecule has 0 saturated heterocycles. The van der Waals surface area contributed by atoms with Gasteiger partial charge in [-0.2, -0.15) is 0 Å². The normalized spacial score (nSPS) is 12.2. The van der Waals surface area contributed by atoms with Crippen LogP contribution in [0.25, 0.3) is 0 Å². The Morgan fingerprint density at radius 1 is 1.26 bits per heavy atom. The van der Waals surface area contributed by atoms with Gasteiger partial charge in [-0.1, -0.05) is 24.3 Å². The number of nitrogens with one attached hydrogen (secondary N) is 1. The van der Waals surface area contributed by atoms with E-state index in [2.05, 4.69) is 10.3 Å². The Hall–Kier alpha value is -1.87. The topological polar surface area (TPSA) is 79.9 Å². The van der Waals surface area contributed by atoms with Crippen molar-refractivity contribution >= 4 is 35.6 Å². The summed E-state index contributed by atoms with van der Waals surface area (Å²) >= 11 is 0. The van der Waals surface area contributed by atoms with Gasteiger partial charge in [0.25, 0.3) is 0 Å². The van der Waals surface area contributed by atoms with Crippen molar-refractivity contribution in [2.24, 2.45) is 10.7 Å². The van der Waals surface area contributed by atoms with Crippen LogP contribution in [0.4, 0.5) is 10.1 Å². The van der Waals surface area contributed by atoms with Gasteiger partial charge in [0.15, 0.2) is 5.96 Å². The number of anilines is 1. The summed E-state index contributed by atoms with van der Waals surface area (Å²) in [6, 6.07) is 12.9. The minimum absolute atomic E-state index is 0. The Bertz CT molecular complexity index is 650. The maximum atomic E-state index is 12.8. The molecule has 7 heteroatoms. The zero-order chi connectivity index (χ0) is 15.9. The molecule has 2 aromatic carbocycles. The zero-order valence-electron chi connectivity index (χ0n) is 12.6. The number of aliphatic hydroxyl groups excluding tert-OH is 1. The smallest absolute Gasteiger partial charge is 0.193 e. The largest absolute Gasteiger partial charge is 0.495 e. The summed E-state index contributed by atoms with van der Waals surface area (Å²) < 4.78 is 18.0. The van der Waals surface area contributed by atoms with Gasteiger partial charge in [-0.3, -0.25) is 4.99 Å². The Balaban J connectivity index is 0.00000264. The number of nitrogens with zero attached hydrogens (tertiary/aromatic N) is 1. The lowest BCUT2D eigenvalue weighted by Gasteiger charge is -2.11. The predicted octanol–water partition coefficient (Wildman–Crippen LogP) is 2.91. The van der Waals surface area contributed by atoms with Gasteiger partial charge in [-0.15, -0.1) is 24.0 Å². The minimum Gasteiger partial charge on any atom is -0.495 e. The molecular formula is C16H19FIN3O2. The van der Waals surface area contributed by atoms with Gasteiger partial charge in [-0.05, 0) is 29.8 Å². The summed E-state index contributed by atoms with van der Waals surface area (Å²) in [6.07, 6.45) is -0.849. The monoisotopic (exact) mass is 431 g/mol. The molecule has 0 saturated carbocycles. The highest BCUT2D eigenvalue weighted by Gasteiger charge is 2.08. The number of aliphatic hydroxyl groups is 1. The van der Waals surface area contributed by atoms with E-state index in [1.165, 1.54) is 24.3 Å². The summed E-state index contributed by atoms with van der Waals surface area (Å²) in [5, 5.41) is 12.9. The Morgan fingerprint density at radius 2 is 1.91 bits per heavy atom. The molecule has 124 valence electrons. The number of hydrogen-bond donors (Lipinski definition) is 3. The van der Waals surface area contributed by atoms with E-state index in [1.807, 2.05) is 12.1 Å². The third kappa shape index (κ3) is 5.68. The molecule has 2 rings (SSSR count). The van der Waals surface area contributed by atoms with Crippen molar-refractivity contribution < 1.29 is 14.2 Å². The van der Waals surface area contributed by atoms with Crippen LogP contribution < -0.4 is 15.8 Å². The molecule has 0 aliphatic carbocycles. The second-order valence-corrected chi connectivity index (χ2v) is 4.62. The van der Waals surface area contributed by atoms with Gasteiger partial charge in [0, 0.05) is 0 Å². The molecule has 0 heterocycles. The molecule has 23 heavy (non-hydrogen) atoms. The number of methoxy groups -OCH3 is 1. The molecule has 0 amide bonds. The molecule has 0 spiro atoms. The second kappa shape index (κ2) is 9.31. The van der Waals surface area contributed by atoms with Crippen LogP contribution in [-0.4, -0.2) is 24.7 Å². The summed E-state index contributed by atoms with van der Waals surface area (Å²) in [7, 11) is 1.56. The summed E-state index contributed by atoms with van der Waals surface area (Å²) in [5.41, 5.74) is 7.05. The highest BCUT2D eigenvalue weighted by Crippen LogP contribution is 2.22. The van der Waals surface area contributed by atoms with E-state index < -0.39 is 6.10 Å². The number of nitrogens with two attached hydrogens (primary N) is 1. The third-order valence-corrected chi connectivity index (χ3v) is 3.06. The van der Waals surface area contributed by atoms with Crippen LogP contribution in [0.3, 0.4) is 0 Å². The van der Waals surface area contributed by atoms with Gasteiger partial charge in [-0.25, -0.2) is 4.39 Å². The summed E-state index contributed by atoms with van der Waals surface area (Å²) in [5.74, 6) is 0.446. The first-order chi connectivity index (χ1) is 10.6. The molecule has 1 unspecified atom stereocenters. The first kappa shape index (κ1) is 19.2. The quantitative estimate of drug-likeness (QED) is 0.387. The predicted molar refractivity (Wildman–Crippen MR) is 99.9 cm³/mol. The molecule has 5 nitrogen and oxygen atoms in total. The van der Waals surface area contributed by atoms with Crippen LogP contribution in [0.2, 0.25) is 0 Å². The first-order valence-electron chi connectivity index (χ1n) is 6.73. The van der Waals surface area contributed by atoms with E-state index in [1.54, 1.807) is 19.2 Å². The lowest BCUT2D eigenvalue weighted by Crippen LogP contribution is -2.24. The van der Waals surface area contributed by atoms with Crippen LogP contribution in [0.5, 0.6) is 5.75 Å². The number of aliphatic imine (C=N–C) groups is 1. The molecule has 0 bridgehead atoms. The number of benzene rings is 2. The Morgan fingerprint density at radius 3 is 2.57 bits per heavy atom. The average Bonchev–Trinajstić information content (AvgIpc) is 2.54. The maximum absolute atomic E-state index is 12.8. The fraction of sp³-hybridized carbons (Fsp3) is 0.188. The highest BCUT2D eigenvalue weighted by atomic mass is 127. The fourth-order valence-corrected chi connectivity index (χ4v) is 1.90. The lowest BCUT2D eigenvalue weighted by molar-refractivity contribution is 0.187. The van der Waals surface area contributed by atoms with E-state index in [0.29, 0.717) is 17.0 Å². The molecule has 0 fully saturated rings. The molecule has 2 aromatic rings. The number of para-hydroxylation sites is 2. The van der Waals surface area contributed by atoms with Crippen LogP contribution in [-0.2, 0) is 0 Å². The molecule has 0 aromatic heterocycles. The fourth-order valence-electron chi connectivity index (χ4n) is 1.90. The van der Waals surface area contributed by atoms with Crippen molar-refractivity contribution in [3.63, 3.8) is 0 Å². The lowest BCUT2D eigenvalue weighted by atomic mass is 10.1. The van der Waals surface area contributed by atoms with Crippen LogP contribution in [0.15, 0.2) is 53.5 Å². The van der Waals surface area contributed by atoms with Crippen molar-refractivity contribution in [3.8, 4) is 5.75 Å². The van der Waals surface area contributed by atoms with E-state index in [9.17, 15) is 9.50 Å². The van der Waals surface area contributed by atoms with Crippen molar-refractivity contribution in [1.29, 1.82) is 0 Å². The third-order valence-electron chi connectivity index (χ3n) is 3.06. The van der Waals surface area contributed by atoms with Crippen LogP contribution >= 0.6 is 24.0 Å². The number of ether oxygens (including phenoxy) is 1. The van der Waals surface area contributed by atoms with E-state index in [4.69, 9.17) is 10.5 Å². The van der Waals surface area contributed by atoms with Gasteiger partial charge >= 0.3 is 0 Å². The molecule has 1 atom stereocenters. The summed E-state index contributed by atoms with van der Waals surface area (Å²) in [6.45, 7) is 0.0691. The second-order valence-electron chi connectivity index (χ2n) is 4.62. The summed E-state index contributed by atoms with van der Waals surface area (Å²) in [4.78, 5) is 4.08. The van der Waals surface area contributed by atoms with E-state index in [-0.39, 0.29) is 42.3 Å². The Labute approximate surface area is 151 Å². The van der Waals surface area contributed by atoms with Gasteiger partial charge < -0.3 is 20.9 Å². The first-order valence-corrected chi connectivity index (χ1v) is 6.73. The average molecular weight is 431 g/mol. The highest BCUT2D eigenvalue weighted by molar-refractivity contribution is 14.0.